The minimum Gasteiger partial charge on any atom is -0.354 e. The van der Waals surface area contributed by atoms with Crippen LogP contribution in [0.3, 0.4) is 0 Å². The van der Waals surface area contributed by atoms with Gasteiger partial charge in [0.2, 0.25) is 21.8 Å². The summed E-state index contributed by atoms with van der Waals surface area (Å²) in [5, 5.41) is 3.70. The Labute approximate surface area is 255 Å². The van der Waals surface area contributed by atoms with Crippen LogP contribution in [0.5, 0.6) is 0 Å². The molecule has 214 valence electrons. The number of anilines is 1. The second-order valence-corrected chi connectivity index (χ2v) is 12.6. The van der Waals surface area contributed by atoms with Crippen LogP contribution in [0.4, 0.5) is 5.69 Å². The van der Waals surface area contributed by atoms with E-state index in [0.717, 1.165) is 16.1 Å². The molecule has 0 spiro atoms. The molecule has 0 fully saturated rings. The highest BCUT2D eigenvalue weighted by Crippen LogP contribution is 2.34. The van der Waals surface area contributed by atoms with E-state index in [0.29, 0.717) is 28.6 Å². The van der Waals surface area contributed by atoms with Crippen LogP contribution < -0.4 is 9.62 Å². The van der Waals surface area contributed by atoms with Gasteiger partial charge >= 0.3 is 0 Å². The molecule has 0 bridgehead atoms. The number of sulfonamides is 1. The summed E-state index contributed by atoms with van der Waals surface area (Å²) in [7, 11) is -3.99. The average Bonchev–Trinajstić information content (AvgIpc) is 2.90. The third-order valence-corrected chi connectivity index (χ3v) is 8.58. The zero-order valence-electron chi connectivity index (χ0n) is 21.9. The lowest BCUT2D eigenvalue weighted by atomic mass is 10.0. The Bertz CT molecular complexity index is 1460. The quantitative estimate of drug-likeness (QED) is 0.253. The molecule has 3 aromatic carbocycles. The molecule has 0 saturated heterocycles. The second kappa shape index (κ2) is 14.4. The van der Waals surface area contributed by atoms with Gasteiger partial charge in [-0.15, -0.1) is 0 Å². The summed E-state index contributed by atoms with van der Waals surface area (Å²) in [4.78, 5) is 28.9. The lowest BCUT2D eigenvalue weighted by Crippen LogP contribution is -2.53. The van der Waals surface area contributed by atoms with Crippen molar-refractivity contribution in [2.24, 2.45) is 0 Å². The van der Waals surface area contributed by atoms with Crippen molar-refractivity contribution in [3.8, 4) is 0 Å². The van der Waals surface area contributed by atoms with Crippen molar-refractivity contribution >= 4 is 73.9 Å². The van der Waals surface area contributed by atoms with Crippen LogP contribution in [0.2, 0.25) is 20.1 Å². The van der Waals surface area contributed by atoms with Gasteiger partial charge in [-0.05, 0) is 41.8 Å². The predicted octanol–water partition coefficient (Wildman–Crippen LogP) is 6.23. The smallest absolute Gasteiger partial charge is 0.244 e. The lowest BCUT2D eigenvalue weighted by Gasteiger charge is -2.34. The molecule has 0 saturated carbocycles. The van der Waals surface area contributed by atoms with E-state index in [2.05, 4.69) is 5.32 Å². The molecule has 2 amide bonds. The van der Waals surface area contributed by atoms with E-state index in [1.165, 1.54) is 23.1 Å². The molecule has 0 radical (unpaired) electrons. The van der Waals surface area contributed by atoms with Gasteiger partial charge in [0.05, 0.1) is 22.0 Å². The molecule has 0 unspecified atom stereocenters. The van der Waals surface area contributed by atoms with Crippen LogP contribution in [0.1, 0.15) is 24.5 Å². The molecule has 0 heterocycles. The normalized spacial score (nSPS) is 12.1. The number of carbonyl (C=O) groups is 2. The summed E-state index contributed by atoms with van der Waals surface area (Å²) in [5.74, 6) is -1.02. The number of rotatable bonds is 12. The number of halogens is 4. The number of nitrogens with one attached hydrogen (secondary N) is 1. The summed E-state index contributed by atoms with van der Waals surface area (Å²) in [6.45, 7) is 1.62. The largest absolute Gasteiger partial charge is 0.354 e. The lowest BCUT2D eigenvalue weighted by molar-refractivity contribution is -0.140. The third kappa shape index (κ3) is 8.51. The third-order valence-electron chi connectivity index (χ3n) is 6.06. The Morgan fingerprint density at radius 1 is 0.925 bits per heavy atom. The number of hydrogen-bond acceptors (Lipinski definition) is 4. The number of nitrogens with zero attached hydrogens (tertiary/aromatic N) is 2. The van der Waals surface area contributed by atoms with Crippen molar-refractivity contribution in [1.29, 1.82) is 0 Å². The Morgan fingerprint density at radius 3 is 2.25 bits per heavy atom. The highest BCUT2D eigenvalue weighted by molar-refractivity contribution is 7.92. The molecular weight excluding hydrogens is 616 g/mol. The SMILES string of the molecule is CCCNC(=O)[C@H](Cc1ccccc1)N(Cc1ccc(Cl)cc1Cl)C(=O)CN(c1cccc(Cl)c1Cl)S(C)(=O)=O. The predicted molar refractivity (Wildman–Crippen MR) is 163 cm³/mol. The molecule has 0 aromatic heterocycles. The Kier molecular flexibility index (Phi) is 11.5. The molecule has 0 aliphatic heterocycles. The van der Waals surface area contributed by atoms with Crippen LogP contribution in [0.25, 0.3) is 0 Å². The maximum atomic E-state index is 14.1. The van der Waals surface area contributed by atoms with Crippen molar-refractivity contribution in [1.82, 2.24) is 10.2 Å². The summed E-state index contributed by atoms with van der Waals surface area (Å²) < 4.78 is 26.6. The fraction of sp³-hybridized carbons (Fsp3) is 0.286. The van der Waals surface area contributed by atoms with Crippen LogP contribution in [-0.2, 0) is 32.6 Å². The van der Waals surface area contributed by atoms with Crippen molar-refractivity contribution in [3.63, 3.8) is 0 Å². The van der Waals surface area contributed by atoms with E-state index in [9.17, 15) is 18.0 Å². The molecule has 1 atom stereocenters. The van der Waals surface area contributed by atoms with Crippen molar-refractivity contribution in [2.45, 2.75) is 32.4 Å². The van der Waals surface area contributed by atoms with Crippen molar-refractivity contribution in [3.05, 3.63) is 97.9 Å². The van der Waals surface area contributed by atoms with Crippen molar-refractivity contribution in [2.75, 3.05) is 23.7 Å². The van der Waals surface area contributed by atoms with Crippen LogP contribution >= 0.6 is 46.4 Å². The molecule has 3 rings (SSSR count). The van der Waals surface area contributed by atoms with Crippen LogP contribution in [-0.4, -0.2) is 50.5 Å². The van der Waals surface area contributed by atoms with E-state index in [-0.39, 0.29) is 34.6 Å². The van der Waals surface area contributed by atoms with Gasteiger partial charge in [-0.3, -0.25) is 13.9 Å². The molecule has 1 N–H and O–H groups in total. The maximum Gasteiger partial charge on any atom is 0.244 e. The fourth-order valence-electron chi connectivity index (χ4n) is 4.03. The first-order valence-corrected chi connectivity index (χ1v) is 15.7. The monoisotopic (exact) mass is 643 g/mol. The molecular formula is C28H29Cl4N3O4S. The van der Waals surface area contributed by atoms with Gasteiger partial charge in [-0.2, -0.15) is 0 Å². The Morgan fingerprint density at radius 2 is 1.62 bits per heavy atom. The second-order valence-electron chi connectivity index (χ2n) is 9.10. The van der Waals surface area contributed by atoms with E-state index in [1.807, 2.05) is 37.3 Å². The van der Waals surface area contributed by atoms with Gasteiger partial charge < -0.3 is 10.2 Å². The van der Waals surface area contributed by atoms with Gasteiger partial charge in [0, 0.05) is 29.6 Å². The van der Waals surface area contributed by atoms with Gasteiger partial charge in [-0.25, -0.2) is 8.42 Å². The minimum atomic E-state index is -3.99. The van der Waals surface area contributed by atoms with E-state index < -0.39 is 28.5 Å². The Hall–Kier alpha value is -2.49. The zero-order chi connectivity index (χ0) is 29.4. The van der Waals surface area contributed by atoms with Crippen LogP contribution in [0, 0.1) is 0 Å². The number of carbonyl (C=O) groups excluding carboxylic acids is 2. The van der Waals surface area contributed by atoms with Gasteiger partial charge in [0.25, 0.3) is 0 Å². The van der Waals surface area contributed by atoms with Crippen molar-refractivity contribution < 1.29 is 18.0 Å². The van der Waals surface area contributed by atoms with Gasteiger partial charge in [0.15, 0.2) is 0 Å². The van der Waals surface area contributed by atoms with E-state index in [4.69, 9.17) is 46.4 Å². The maximum absolute atomic E-state index is 14.1. The minimum absolute atomic E-state index is 0.0174. The van der Waals surface area contributed by atoms with Crippen LogP contribution in [0.15, 0.2) is 66.7 Å². The molecule has 40 heavy (non-hydrogen) atoms. The fourth-order valence-corrected chi connectivity index (χ4v) is 5.80. The first kappa shape index (κ1) is 32.0. The molecule has 7 nitrogen and oxygen atoms in total. The standard InChI is InChI=1S/C28H29Cl4N3O4S/c1-3-14-33-28(37)25(15-19-8-5-4-6-9-19)34(17-20-12-13-21(29)16-23(20)31)26(36)18-35(40(2,38)39)24-11-7-10-22(30)27(24)32/h4-13,16,25H,3,14-15,17-18H2,1-2H3,(H,33,37)/t25-/m0/s1. The molecule has 12 heteroatoms. The highest BCUT2D eigenvalue weighted by Gasteiger charge is 2.34. The molecule has 0 aliphatic rings. The average molecular weight is 645 g/mol. The molecule has 3 aromatic rings. The van der Waals surface area contributed by atoms with E-state index >= 15 is 0 Å². The number of hydrogen-bond donors (Lipinski definition) is 1. The van der Waals surface area contributed by atoms with E-state index in [1.54, 1.807) is 18.2 Å². The molecule has 0 aliphatic carbocycles. The zero-order valence-corrected chi connectivity index (χ0v) is 25.8. The summed E-state index contributed by atoms with van der Waals surface area (Å²) >= 11 is 25.0. The Balaban J connectivity index is 2.10. The van der Waals surface area contributed by atoms with Gasteiger partial charge in [0.1, 0.15) is 12.6 Å². The topological polar surface area (TPSA) is 86.8 Å². The number of amides is 2. The summed E-state index contributed by atoms with van der Waals surface area (Å²) in [6, 6.07) is 17.6. The first-order valence-electron chi connectivity index (χ1n) is 12.4. The highest BCUT2D eigenvalue weighted by atomic mass is 35.5. The summed E-state index contributed by atoms with van der Waals surface area (Å²) in [6.07, 6.45) is 1.84. The number of benzene rings is 3. The first-order chi connectivity index (χ1) is 18.9. The summed E-state index contributed by atoms with van der Waals surface area (Å²) in [5.41, 5.74) is 1.40. The van der Waals surface area contributed by atoms with Gasteiger partial charge in [-0.1, -0.05) is 95.8 Å².